The highest BCUT2D eigenvalue weighted by atomic mass is 32.1. The summed E-state index contributed by atoms with van der Waals surface area (Å²) < 4.78 is 13.8. The smallest absolute Gasteiger partial charge is 0.132 e. The summed E-state index contributed by atoms with van der Waals surface area (Å²) in [4.78, 5) is 5.53. The Labute approximate surface area is 105 Å². The molecule has 0 saturated heterocycles. The quantitative estimate of drug-likeness (QED) is 0.901. The zero-order valence-corrected chi connectivity index (χ0v) is 10.9. The molecule has 1 atom stereocenters. The van der Waals surface area contributed by atoms with Gasteiger partial charge in [-0.25, -0.2) is 9.37 Å². The molecule has 1 unspecified atom stereocenters. The molecule has 0 aliphatic carbocycles. The van der Waals surface area contributed by atoms with E-state index in [2.05, 4.69) is 17.2 Å². The number of aromatic nitrogens is 1. The van der Waals surface area contributed by atoms with Crippen LogP contribution in [0.3, 0.4) is 0 Å². The summed E-state index contributed by atoms with van der Waals surface area (Å²) >= 11 is 1.61. The van der Waals surface area contributed by atoms with Crippen molar-refractivity contribution in [3.8, 4) is 11.3 Å². The van der Waals surface area contributed by atoms with Crippen molar-refractivity contribution in [2.24, 2.45) is 0 Å². The summed E-state index contributed by atoms with van der Waals surface area (Å²) in [5.74, 6) is -0.220. The van der Waals surface area contributed by atoms with Crippen LogP contribution in [-0.4, -0.2) is 12.0 Å². The van der Waals surface area contributed by atoms with Crippen LogP contribution in [0.2, 0.25) is 0 Å². The van der Waals surface area contributed by atoms with E-state index in [0.717, 1.165) is 15.6 Å². The highest BCUT2D eigenvalue weighted by Crippen LogP contribution is 2.33. The first-order valence-electron chi connectivity index (χ1n) is 5.53. The molecule has 4 heteroatoms. The second kappa shape index (κ2) is 4.94. The van der Waals surface area contributed by atoms with Crippen LogP contribution < -0.4 is 5.32 Å². The standard InChI is InChI=1S/C13H15FN2S/c1-8(15-3)13-12(16-9(2)17-13)10-6-4-5-7-11(10)14/h4-8,15H,1-3H3. The lowest BCUT2D eigenvalue weighted by Gasteiger charge is -2.10. The van der Waals surface area contributed by atoms with Crippen molar-refractivity contribution in [1.82, 2.24) is 10.3 Å². The Morgan fingerprint density at radius 1 is 1.35 bits per heavy atom. The normalized spacial score (nSPS) is 12.7. The molecule has 0 bridgehead atoms. The number of hydrogen-bond donors (Lipinski definition) is 1. The van der Waals surface area contributed by atoms with Gasteiger partial charge in [0.1, 0.15) is 5.82 Å². The van der Waals surface area contributed by atoms with Crippen LogP contribution in [0.5, 0.6) is 0 Å². The van der Waals surface area contributed by atoms with Crippen LogP contribution >= 0.6 is 11.3 Å². The second-order valence-electron chi connectivity index (χ2n) is 3.94. The van der Waals surface area contributed by atoms with Gasteiger partial charge in [-0.15, -0.1) is 11.3 Å². The fourth-order valence-electron chi connectivity index (χ4n) is 1.71. The Hall–Kier alpha value is -1.26. The minimum atomic E-state index is -0.220. The molecule has 0 aliphatic heterocycles. The van der Waals surface area contributed by atoms with E-state index in [9.17, 15) is 4.39 Å². The lowest BCUT2D eigenvalue weighted by molar-refractivity contribution is 0.628. The van der Waals surface area contributed by atoms with Crippen LogP contribution in [0.15, 0.2) is 24.3 Å². The SMILES string of the molecule is CNC(C)c1sc(C)nc1-c1ccccc1F. The molecular weight excluding hydrogens is 235 g/mol. The lowest BCUT2D eigenvalue weighted by Crippen LogP contribution is -2.11. The van der Waals surface area contributed by atoms with Crippen LogP contribution in [0.4, 0.5) is 4.39 Å². The largest absolute Gasteiger partial charge is 0.312 e. The minimum absolute atomic E-state index is 0.177. The Morgan fingerprint density at radius 3 is 2.71 bits per heavy atom. The van der Waals surface area contributed by atoms with E-state index in [1.807, 2.05) is 20.0 Å². The maximum Gasteiger partial charge on any atom is 0.132 e. The van der Waals surface area contributed by atoms with Gasteiger partial charge in [0.25, 0.3) is 0 Å². The summed E-state index contributed by atoms with van der Waals surface area (Å²) in [7, 11) is 1.89. The predicted octanol–water partition coefficient (Wildman–Crippen LogP) is 3.54. The average Bonchev–Trinajstić information content (AvgIpc) is 2.71. The average molecular weight is 250 g/mol. The highest BCUT2D eigenvalue weighted by molar-refractivity contribution is 7.12. The van der Waals surface area contributed by atoms with Gasteiger partial charge in [0.2, 0.25) is 0 Å². The Balaban J connectivity index is 2.56. The van der Waals surface area contributed by atoms with Crippen molar-refractivity contribution in [2.75, 3.05) is 7.05 Å². The Kier molecular flexibility index (Phi) is 3.54. The van der Waals surface area contributed by atoms with Gasteiger partial charge < -0.3 is 5.32 Å². The number of hydrogen-bond acceptors (Lipinski definition) is 3. The van der Waals surface area contributed by atoms with Gasteiger partial charge in [0.15, 0.2) is 0 Å². The molecule has 1 aromatic heterocycles. The van der Waals surface area contributed by atoms with Gasteiger partial charge >= 0.3 is 0 Å². The molecular formula is C13H15FN2S. The molecule has 1 N–H and O–H groups in total. The zero-order valence-electron chi connectivity index (χ0n) is 10.1. The third-order valence-electron chi connectivity index (χ3n) is 2.72. The molecule has 0 aliphatic rings. The van der Waals surface area contributed by atoms with E-state index in [4.69, 9.17) is 0 Å². The molecule has 0 amide bonds. The van der Waals surface area contributed by atoms with E-state index in [1.54, 1.807) is 23.5 Å². The molecule has 2 aromatic rings. The van der Waals surface area contributed by atoms with E-state index in [-0.39, 0.29) is 11.9 Å². The Morgan fingerprint density at radius 2 is 2.06 bits per heavy atom. The van der Waals surface area contributed by atoms with Gasteiger partial charge in [-0.3, -0.25) is 0 Å². The van der Waals surface area contributed by atoms with Crippen molar-refractivity contribution in [3.63, 3.8) is 0 Å². The van der Waals surface area contributed by atoms with E-state index in [0.29, 0.717) is 5.56 Å². The molecule has 1 aromatic carbocycles. The number of nitrogens with one attached hydrogen (secondary N) is 1. The highest BCUT2D eigenvalue weighted by Gasteiger charge is 2.17. The van der Waals surface area contributed by atoms with Crippen LogP contribution in [0.1, 0.15) is 22.9 Å². The maximum atomic E-state index is 13.8. The van der Waals surface area contributed by atoms with Gasteiger partial charge in [-0.1, -0.05) is 12.1 Å². The van der Waals surface area contributed by atoms with Crippen molar-refractivity contribution < 1.29 is 4.39 Å². The van der Waals surface area contributed by atoms with Crippen molar-refractivity contribution in [1.29, 1.82) is 0 Å². The van der Waals surface area contributed by atoms with Crippen molar-refractivity contribution in [2.45, 2.75) is 19.9 Å². The van der Waals surface area contributed by atoms with Crippen LogP contribution in [0, 0.1) is 12.7 Å². The van der Waals surface area contributed by atoms with Gasteiger partial charge in [0.05, 0.1) is 10.7 Å². The van der Waals surface area contributed by atoms with E-state index < -0.39 is 0 Å². The predicted molar refractivity (Wildman–Crippen MR) is 69.7 cm³/mol. The monoisotopic (exact) mass is 250 g/mol. The fraction of sp³-hybridized carbons (Fsp3) is 0.308. The maximum absolute atomic E-state index is 13.8. The molecule has 0 radical (unpaired) electrons. The molecule has 90 valence electrons. The number of thiazole rings is 1. The molecule has 2 rings (SSSR count). The molecule has 17 heavy (non-hydrogen) atoms. The first-order valence-corrected chi connectivity index (χ1v) is 6.34. The molecule has 1 heterocycles. The summed E-state index contributed by atoms with van der Waals surface area (Å²) in [6.07, 6.45) is 0. The summed E-state index contributed by atoms with van der Waals surface area (Å²) in [5.41, 5.74) is 1.33. The van der Waals surface area contributed by atoms with Crippen molar-refractivity contribution >= 4 is 11.3 Å². The van der Waals surface area contributed by atoms with E-state index in [1.165, 1.54) is 6.07 Å². The third-order valence-corrected chi connectivity index (χ3v) is 3.87. The number of aryl methyl sites for hydroxylation is 1. The third kappa shape index (κ3) is 2.37. The summed E-state index contributed by atoms with van der Waals surface area (Å²) in [6.45, 7) is 4.00. The molecule has 0 saturated carbocycles. The van der Waals surface area contributed by atoms with Crippen molar-refractivity contribution in [3.05, 3.63) is 40.0 Å². The van der Waals surface area contributed by atoms with Gasteiger partial charge in [0, 0.05) is 16.5 Å². The Bertz CT molecular complexity index is 522. The fourth-order valence-corrected chi connectivity index (χ4v) is 2.72. The number of halogens is 1. The second-order valence-corrected chi connectivity index (χ2v) is 5.17. The van der Waals surface area contributed by atoms with Crippen LogP contribution in [-0.2, 0) is 0 Å². The van der Waals surface area contributed by atoms with Gasteiger partial charge in [-0.05, 0) is 33.0 Å². The lowest BCUT2D eigenvalue weighted by atomic mass is 10.1. The summed E-state index contributed by atoms with van der Waals surface area (Å²) in [6, 6.07) is 6.95. The zero-order chi connectivity index (χ0) is 12.4. The molecule has 0 spiro atoms. The number of rotatable bonds is 3. The first kappa shape index (κ1) is 12.2. The first-order chi connectivity index (χ1) is 8.13. The number of nitrogens with zero attached hydrogens (tertiary/aromatic N) is 1. The molecule has 0 fully saturated rings. The van der Waals surface area contributed by atoms with Gasteiger partial charge in [-0.2, -0.15) is 0 Å². The minimum Gasteiger partial charge on any atom is -0.312 e. The summed E-state index contributed by atoms with van der Waals surface area (Å²) in [5, 5.41) is 4.13. The molecule has 2 nitrogen and oxygen atoms in total. The number of benzene rings is 1. The van der Waals surface area contributed by atoms with Crippen LogP contribution in [0.25, 0.3) is 11.3 Å². The van der Waals surface area contributed by atoms with E-state index >= 15 is 0 Å². The topological polar surface area (TPSA) is 24.9 Å².